The van der Waals surface area contributed by atoms with Crippen molar-refractivity contribution in [1.82, 2.24) is 0 Å². The average molecular weight is 314 g/mol. The van der Waals surface area contributed by atoms with Crippen LogP contribution in [0.1, 0.15) is 12.8 Å². The highest BCUT2D eigenvalue weighted by Crippen LogP contribution is 2.44. The minimum absolute atomic E-state index is 0.0173. The highest BCUT2D eigenvalue weighted by molar-refractivity contribution is 6.30. The summed E-state index contributed by atoms with van der Waals surface area (Å²) in [4.78, 5) is 23.6. The number of ether oxygens (including phenoxy) is 1. The van der Waals surface area contributed by atoms with Gasteiger partial charge in [0.15, 0.2) is 0 Å². The van der Waals surface area contributed by atoms with Crippen LogP contribution in [0.5, 0.6) is 0 Å². The lowest BCUT2D eigenvalue weighted by Gasteiger charge is -2.23. The number of benzene rings is 1. The summed E-state index contributed by atoms with van der Waals surface area (Å²) in [6, 6.07) is 3.88. The van der Waals surface area contributed by atoms with Gasteiger partial charge in [0.2, 0.25) is 5.91 Å². The molecule has 2 aliphatic rings. The van der Waals surface area contributed by atoms with Gasteiger partial charge in [-0.15, -0.1) is 0 Å². The van der Waals surface area contributed by atoms with Crippen molar-refractivity contribution in [2.75, 3.05) is 5.32 Å². The first-order valence-electron chi connectivity index (χ1n) is 6.61. The number of hydrogen-bond acceptors (Lipinski definition) is 3. The van der Waals surface area contributed by atoms with Crippen molar-refractivity contribution < 1.29 is 23.8 Å². The van der Waals surface area contributed by atoms with Crippen molar-refractivity contribution >= 4 is 29.2 Å². The lowest BCUT2D eigenvalue weighted by molar-refractivity contribution is -0.147. The van der Waals surface area contributed by atoms with Gasteiger partial charge in [-0.2, -0.15) is 0 Å². The fraction of sp³-hybridized carbons (Fsp3) is 0.429. The molecule has 0 radical (unpaired) electrons. The molecule has 3 rings (SSSR count). The summed E-state index contributed by atoms with van der Waals surface area (Å²) >= 11 is 5.65. The Morgan fingerprint density at radius 3 is 2.57 bits per heavy atom. The highest BCUT2D eigenvalue weighted by atomic mass is 35.5. The Morgan fingerprint density at radius 1 is 1.29 bits per heavy atom. The predicted molar refractivity (Wildman–Crippen MR) is 72.6 cm³/mol. The summed E-state index contributed by atoms with van der Waals surface area (Å²) in [7, 11) is 0. The summed E-state index contributed by atoms with van der Waals surface area (Å²) in [6.07, 6.45) is 0.445. The Morgan fingerprint density at radius 2 is 1.95 bits per heavy atom. The Balaban J connectivity index is 1.80. The van der Waals surface area contributed by atoms with E-state index in [0.29, 0.717) is 12.8 Å². The average Bonchev–Trinajstić information content (AvgIpc) is 3.02. The SMILES string of the molecule is O=C(Nc1ccc(Cl)cc1F)[C@@H]1[C@@H](C(=O)O)[C@H]2CC[C@@H]1O2. The molecule has 2 fully saturated rings. The molecule has 0 aliphatic carbocycles. The Labute approximate surface area is 125 Å². The molecule has 2 heterocycles. The third kappa shape index (κ3) is 2.49. The standard InChI is InChI=1S/C14H13ClFNO4/c15-6-1-2-8(7(16)5-6)17-13(18)11-9-3-4-10(21-9)12(11)14(19)20/h1-2,5,9-12H,3-4H2,(H,17,18)(H,19,20)/t9-,10+,11-,12-/m0/s1. The van der Waals surface area contributed by atoms with Crippen molar-refractivity contribution in [2.45, 2.75) is 25.0 Å². The Bertz CT molecular complexity index is 609. The number of rotatable bonds is 3. The van der Waals surface area contributed by atoms with Gasteiger partial charge in [-0.05, 0) is 31.0 Å². The third-order valence-corrected chi connectivity index (χ3v) is 4.29. The van der Waals surface area contributed by atoms with Crippen LogP contribution in [-0.4, -0.2) is 29.2 Å². The number of hydrogen-bond donors (Lipinski definition) is 2. The molecule has 4 atom stereocenters. The molecular weight excluding hydrogens is 301 g/mol. The second-order valence-corrected chi connectivity index (χ2v) is 5.73. The molecule has 5 nitrogen and oxygen atoms in total. The molecule has 7 heteroatoms. The van der Waals surface area contributed by atoms with Crippen LogP contribution in [0.15, 0.2) is 18.2 Å². The van der Waals surface area contributed by atoms with Crippen molar-refractivity contribution in [3.63, 3.8) is 0 Å². The van der Waals surface area contributed by atoms with Crippen LogP contribution >= 0.6 is 11.6 Å². The fourth-order valence-corrected chi connectivity index (χ4v) is 3.29. The maximum Gasteiger partial charge on any atom is 0.310 e. The summed E-state index contributed by atoms with van der Waals surface area (Å²) in [5.41, 5.74) is -0.0173. The van der Waals surface area contributed by atoms with E-state index in [-0.39, 0.29) is 10.7 Å². The predicted octanol–water partition coefficient (Wildman–Crippen LogP) is 2.30. The number of carboxylic acids is 1. The first-order chi connectivity index (χ1) is 9.97. The molecule has 2 saturated heterocycles. The van der Waals surface area contributed by atoms with E-state index in [0.717, 1.165) is 6.07 Å². The van der Waals surface area contributed by atoms with Crippen LogP contribution in [0.2, 0.25) is 5.02 Å². The number of carboxylic acid groups (broad SMARTS) is 1. The maximum absolute atomic E-state index is 13.7. The number of carbonyl (C=O) groups is 2. The van der Waals surface area contributed by atoms with Crippen molar-refractivity contribution in [1.29, 1.82) is 0 Å². The van der Waals surface area contributed by atoms with Crippen LogP contribution in [0.25, 0.3) is 0 Å². The van der Waals surface area contributed by atoms with E-state index in [1.807, 2.05) is 0 Å². The number of fused-ring (bicyclic) bond motifs is 2. The number of aliphatic carboxylic acids is 1. The fourth-order valence-electron chi connectivity index (χ4n) is 3.13. The number of halogens is 2. The zero-order valence-corrected chi connectivity index (χ0v) is 11.6. The number of nitrogens with one attached hydrogen (secondary N) is 1. The van der Waals surface area contributed by atoms with Crippen molar-refractivity contribution in [3.05, 3.63) is 29.0 Å². The monoisotopic (exact) mass is 313 g/mol. The molecule has 0 saturated carbocycles. The minimum Gasteiger partial charge on any atom is -0.481 e. The van der Waals surface area contributed by atoms with Gasteiger partial charge in [0.25, 0.3) is 0 Å². The van der Waals surface area contributed by atoms with Gasteiger partial charge < -0.3 is 15.2 Å². The highest BCUT2D eigenvalue weighted by Gasteiger charge is 2.55. The Hall–Kier alpha value is -1.66. The Kier molecular flexibility index (Phi) is 3.59. The molecule has 1 aromatic rings. The molecular formula is C14H13ClFNO4. The van der Waals surface area contributed by atoms with E-state index >= 15 is 0 Å². The number of anilines is 1. The van der Waals surface area contributed by atoms with Crippen LogP contribution in [0.4, 0.5) is 10.1 Å². The zero-order valence-electron chi connectivity index (χ0n) is 10.9. The lowest BCUT2D eigenvalue weighted by Crippen LogP contribution is -2.41. The summed E-state index contributed by atoms with van der Waals surface area (Å²) < 4.78 is 19.2. The summed E-state index contributed by atoms with van der Waals surface area (Å²) in [6.45, 7) is 0. The largest absolute Gasteiger partial charge is 0.481 e. The van der Waals surface area contributed by atoms with Gasteiger partial charge in [-0.25, -0.2) is 4.39 Å². The van der Waals surface area contributed by atoms with Crippen LogP contribution in [0.3, 0.4) is 0 Å². The smallest absolute Gasteiger partial charge is 0.310 e. The van der Waals surface area contributed by atoms with Gasteiger partial charge >= 0.3 is 5.97 Å². The van der Waals surface area contributed by atoms with Gasteiger partial charge in [0.1, 0.15) is 5.82 Å². The van der Waals surface area contributed by atoms with Gasteiger partial charge in [0, 0.05) is 5.02 Å². The molecule has 0 aromatic heterocycles. The molecule has 112 valence electrons. The van der Waals surface area contributed by atoms with E-state index in [1.165, 1.54) is 12.1 Å². The zero-order chi connectivity index (χ0) is 15.1. The van der Waals surface area contributed by atoms with E-state index in [4.69, 9.17) is 16.3 Å². The lowest BCUT2D eigenvalue weighted by atomic mass is 9.78. The summed E-state index contributed by atoms with van der Waals surface area (Å²) in [5.74, 6) is -3.92. The van der Waals surface area contributed by atoms with Crippen molar-refractivity contribution in [3.8, 4) is 0 Å². The molecule has 2 aliphatic heterocycles. The topological polar surface area (TPSA) is 75.6 Å². The number of carbonyl (C=O) groups excluding carboxylic acids is 1. The first kappa shape index (κ1) is 14.3. The second-order valence-electron chi connectivity index (χ2n) is 5.29. The third-order valence-electron chi connectivity index (χ3n) is 4.05. The quantitative estimate of drug-likeness (QED) is 0.898. The molecule has 0 unspecified atom stereocenters. The molecule has 21 heavy (non-hydrogen) atoms. The van der Waals surface area contributed by atoms with Gasteiger partial charge in [-0.3, -0.25) is 9.59 Å². The van der Waals surface area contributed by atoms with Crippen molar-refractivity contribution in [2.24, 2.45) is 11.8 Å². The molecule has 2 N–H and O–H groups in total. The van der Waals surface area contributed by atoms with E-state index in [9.17, 15) is 19.1 Å². The van der Waals surface area contributed by atoms with Gasteiger partial charge in [-0.1, -0.05) is 11.6 Å². The second kappa shape index (κ2) is 5.27. The number of amides is 1. The van der Waals surface area contributed by atoms with E-state index in [2.05, 4.69) is 5.32 Å². The minimum atomic E-state index is -1.06. The van der Waals surface area contributed by atoms with Gasteiger partial charge in [0.05, 0.1) is 29.7 Å². The first-order valence-corrected chi connectivity index (χ1v) is 6.99. The van der Waals surface area contributed by atoms with Crippen LogP contribution in [-0.2, 0) is 14.3 Å². The molecule has 0 spiro atoms. The molecule has 1 aromatic carbocycles. The van der Waals surface area contributed by atoms with Crippen LogP contribution < -0.4 is 5.32 Å². The maximum atomic E-state index is 13.7. The van der Waals surface area contributed by atoms with E-state index < -0.39 is 41.7 Å². The molecule has 2 bridgehead atoms. The van der Waals surface area contributed by atoms with E-state index in [1.54, 1.807) is 0 Å². The normalized spacial score (nSPS) is 30.4. The van der Waals surface area contributed by atoms with Crippen LogP contribution in [0, 0.1) is 17.7 Å². The molecule has 1 amide bonds. The summed E-state index contributed by atoms with van der Waals surface area (Å²) in [5, 5.41) is 11.9.